The van der Waals surface area contributed by atoms with E-state index in [4.69, 9.17) is 5.11 Å². The van der Waals surface area contributed by atoms with Crippen molar-refractivity contribution in [3.05, 3.63) is 39.4 Å². The van der Waals surface area contributed by atoms with Crippen molar-refractivity contribution < 1.29 is 24.7 Å². The SMILES string of the molecule is O=C(CBr)Cc1ccc(C(O)C(=O)O)c([N+](=O)[O-])c1. The fourth-order valence-corrected chi connectivity index (χ4v) is 1.69. The van der Waals surface area contributed by atoms with Crippen molar-refractivity contribution in [2.24, 2.45) is 0 Å². The normalized spacial score (nSPS) is 11.9. The van der Waals surface area contributed by atoms with Gasteiger partial charge in [-0.25, -0.2) is 4.79 Å². The Labute approximate surface area is 116 Å². The molecule has 8 heteroatoms. The van der Waals surface area contributed by atoms with E-state index in [1.807, 2.05) is 0 Å². The minimum absolute atomic E-state index is 0.00443. The number of benzene rings is 1. The van der Waals surface area contributed by atoms with Crippen molar-refractivity contribution in [2.75, 3.05) is 5.33 Å². The molecule has 1 unspecified atom stereocenters. The number of Topliss-reactive ketones (excluding diaryl/α,β-unsaturated/α-hetero) is 1. The molecule has 0 spiro atoms. The maximum absolute atomic E-state index is 11.2. The first-order chi connectivity index (χ1) is 8.86. The number of ketones is 1. The summed E-state index contributed by atoms with van der Waals surface area (Å²) in [6.07, 6.45) is -1.98. The maximum Gasteiger partial charge on any atom is 0.337 e. The van der Waals surface area contributed by atoms with Crippen LogP contribution in [0.15, 0.2) is 18.2 Å². The van der Waals surface area contributed by atoms with Gasteiger partial charge in [-0.15, -0.1) is 0 Å². The Morgan fingerprint density at radius 1 is 1.42 bits per heavy atom. The first-order valence-corrected chi connectivity index (χ1v) is 6.24. The van der Waals surface area contributed by atoms with Crippen molar-refractivity contribution >= 4 is 33.4 Å². The van der Waals surface area contributed by atoms with Crippen molar-refractivity contribution in [3.63, 3.8) is 0 Å². The number of aliphatic carboxylic acids is 1. The third kappa shape index (κ3) is 3.83. The van der Waals surface area contributed by atoms with Crippen LogP contribution < -0.4 is 0 Å². The van der Waals surface area contributed by atoms with Crippen LogP contribution >= 0.6 is 15.9 Å². The van der Waals surface area contributed by atoms with E-state index in [0.29, 0.717) is 5.56 Å². The van der Waals surface area contributed by atoms with Crippen LogP contribution in [0.5, 0.6) is 0 Å². The van der Waals surface area contributed by atoms with Crippen molar-refractivity contribution in [2.45, 2.75) is 12.5 Å². The average molecular weight is 332 g/mol. The summed E-state index contributed by atoms with van der Waals surface area (Å²) in [5, 5.41) is 29.0. The number of carbonyl (C=O) groups excluding carboxylic acids is 1. The van der Waals surface area contributed by atoms with E-state index < -0.39 is 22.7 Å². The quantitative estimate of drug-likeness (QED) is 0.459. The molecule has 0 radical (unpaired) electrons. The van der Waals surface area contributed by atoms with Crippen LogP contribution in [0.1, 0.15) is 17.2 Å². The van der Waals surface area contributed by atoms with E-state index in [2.05, 4.69) is 15.9 Å². The molecule has 19 heavy (non-hydrogen) atoms. The number of nitro benzene ring substituents is 1. The molecule has 0 heterocycles. The van der Waals surface area contributed by atoms with Gasteiger partial charge >= 0.3 is 5.97 Å². The largest absolute Gasteiger partial charge is 0.479 e. The van der Waals surface area contributed by atoms with Gasteiger partial charge in [-0.05, 0) is 11.6 Å². The fraction of sp³-hybridized carbons (Fsp3) is 0.273. The molecular weight excluding hydrogens is 322 g/mol. The Hall–Kier alpha value is -1.80. The Balaban J connectivity index is 3.18. The third-order valence-corrected chi connectivity index (χ3v) is 3.00. The molecular formula is C11H10BrNO6. The molecule has 0 aliphatic carbocycles. The molecule has 0 saturated heterocycles. The number of hydrogen-bond acceptors (Lipinski definition) is 5. The van der Waals surface area contributed by atoms with Crippen molar-refractivity contribution in [1.82, 2.24) is 0 Å². The van der Waals surface area contributed by atoms with E-state index in [-0.39, 0.29) is 23.1 Å². The molecule has 1 rings (SSSR count). The van der Waals surface area contributed by atoms with E-state index in [0.717, 1.165) is 12.1 Å². The zero-order valence-electron chi connectivity index (χ0n) is 9.58. The minimum Gasteiger partial charge on any atom is -0.479 e. The van der Waals surface area contributed by atoms with E-state index >= 15 is 0 Å². The summed E-state index contributed by atoms with van der Waals surface area (Å²) >= 11 is 2.98. The molecule has 1 aromatic rings. The summed E-state index contributed by atoms with van der Waals surface area (Å²) in [4.78, 5) is 32.0. The second-order valence-corrected chi connectivity index (χ2v) is 4.30. The van der Waals surface area contributed by atoms with E-state index in [9.17, 15) is 24.8 Å². The van der Waals surface area contributed by atoms with E-state index in [1.165, 1.54) is 6.07 Å². The van der Waals surface area contributed by atoms with Crippen LogP contribution in [0.25, 0.3) is 0 Å². The van der Waals surface area contributed by atoms with Crippen molar-refractivity contribution in [1.29, 1.82) is 0 Å². The number of aliphatic hydroxyl groups is 1. The number of hydrogen-bond donors (Lipinski definition) is 2. The number of halogens is 1. The molecule has 0 fully saturated rings. The highest BCUT2D eigenvalue weighted by Crippen LogP contribution is 2.27. The standard InChI is InChI=1S/C11H10BrNO6/c12-5-7(14)3-6-1-2-8(10(15)11(16)17)9(4-6)13(18)19/h1-2,4,10,15H,3,5H2,(H,16,17). The van der Waals surface area contributed by atoms with Crippen LogP contribution in [0, 0.1) is 10.1 Å². The Morgan fingerprint density at radius 2 is 2.05 bits per heavy atom. The fourth-order valence-electron chi connectivity index (χ4n) is 1.50. The highest BCUT2D eigenvalue weighted by molar-refractivity contribution is 9.09. The molecule has 2 N–H and O–H groups in total. The van der Waals surface area contributed by atoms with Gasteiger partial charge in [-0.1, -0.05) is 22.0 Å². The zero-order chi connectivity index (χ0) is 14.6. The van der Waals surface area contributed by atoms with Gasteiger partial charge in [0.25, 0.3) is 5.69 Å². The smallest absolute Gasteiger partial charge is 0.337 e. The molecule has 1 atom stereocenters. The number of carboxylic acids is 1. The lowest BCUT2D eigenvalue weighted by Crippen LogP contribution is -2.13. The second kappa shape index (κ2) is 6.39. The molecule has 7 nitrogen and oxygen atoms in total. The maximum atomic E-state index is 11.2. The summed E-state index contributed by atoms with van der Waals surface area (Å²) in [6, 6.07) is 3.63. The number of alkyl halides is 1. The number of nitrogens with zero attached hydrogens (tertiary/aromatic N) is 1. The van der Waals surface area contributed by atoms with Crippen LogP contribution in [0.4, 0.5) is 5.69 Å². The van der Waals surface area contributed by atoms with Crippen LogP contribution in [-0.4, -0.2) is 32.2 Å². The van der Waals surface area contributed by atoms with E-state index in [1.54, 1.807) is 0 Å². The van der Waals surface area contributed by atoms with Gasteiger partial charge in [0, 0.05) is 12.5 Å². The zero-order valence-corrected chi connectivity index (χ0v) is 11.2. The highest BCUT2D eigenvalue weighted by Gasteiger charge is 2.26. The molecule has 0 saturated carbocycles. The summed E-state index contributed by atoms with van der Waals surface area (Å²) < 4.78 is 0. The number of aliphatic hydroxyl groups excluding tert-OH is 1. The average Bonchev–Trinajstić information content (AvgIpc) is 2.37. The lowest BCUT2D eigenvalue weighted by Gasteiger charge is -2.08. The molecule has 1 aromatic carbocycles. The third-order valence-electron chi connectivity index (χ3n) is 2.37. The van der Waals surface area contributed by atoms with Gasteiger partial charge < -0.3 is 10.2 Å². The monoisotopic (exact) mass is 331 g/mol. The van der Waals surface area contributed by atoms with Crippen molar-refractivity contribution in [3.8, 4) is 0 Å². The second-order valence-electron chi connectivity index (χ2n) is 3.74. The molecule has 102 valence electrons. The van der Waals surface area contributed by atoms with Crippen LogP contribution in [-0.2, 0) is 16.0 Å². The molecule has 0 amide bonds. The first-order valence-electron chi connectivity index (χ1n) is 5.12. The van der Waals surface area contributed by atoms with Crippen LogP contribution in [0.2, 0.25) is 0 Å². The summed E-state index contributed by atoms with van der Waals surface area (Å²) in [7, 11) is 0. The first kappa shape index (κ1) is 15.3. The van der Waals surface area contributed by atoms with Gasteiger partial charge in [0.1, 0.15) is 5.78 Å². The van der Waals surface area contributed by atoms with Crippen LogP contribution in [0.3, 0.4) is 0 Å². The highest BCUT2D eigenvalue weighted by atomic mass is 79.9. The number of carboxylic acid groups (broad SMARTS) is 1. The predicted molar refractivity (Wildman–Crippen MR) is 68.2 cm³/mol. The molecule has 0 aliphatic heterocycles. The molecule has 0 aliphatic rings. The topological polar surface area (TPSA) is 118 Å². The number of carbonyl (C=O) groups is 2. The van der Waals surface area contributed by atoms with Gasteiger partial charge in [-0.3, -0.25) is 14.9 Å². The number of nitro groups is 1. The minimum atomic E-state index is -1.97. The Morgan fingerprint density at radius 3 is 2.53 bits per heavy atom. The lowest BCUT2D eigenvalue weighted by atomic mass is 10.0. The van der Waals surface area contributed by atoms with Gasteiger partial charge in [0.05, 0.1) is 15.8 Å². The van der Waals surface area contributed by atoms with Gasteiger partial charge in [0.15, 0.2) is 6.10 Å². The van der Waals surface area contributed by atoms with Gasteiger partial charge in [0.2, 0.25) is 0 Å². The predicted octanol–water partition coefficient (Wildman–Crippen LogP) is 1.22. The molecule has 0 aromatic heterocycles. The lowest BCUT2D eigenvalue weighted by molar-refractivity contribution is -0.386. The summed E-state index contributed by atoms with van der Waals surface area (Å²) in [5.41, 5.74) is -0.445. The summed E-state index contributed by atoms with van der Waals surface area (Å²) in [5.74, 6) is -1.74. The number of rotatable bonds is 6. The Bertz CT molecular complexity index is 530. The van der Waals surface area contributed by atoms with Gasteiger partial charge in [-0.2, -0.15) is 0 Å². The summed E-state index contributed by atoms with van der Waals surface area (Å²) in [6.45, 7) is 0. The molecule has 0 bridgehead atoms. The Kier molecular flexibility index (Phi) is 5.13.